The first-order chi connectivity index (χ1) is 8.19. The monoisotopic (exact) mass is 235 g/mol. The average molecular weight is 235 g/mol. The van der Waals surface area contributed by atoms with E-state index in [1.807, 2.05) is 19.1 Å². The molecule has 1 heterocycles. The highest BCUT2D eigenvalue weighted by Gasteiger charge is 2.17. The van der Waals surface area contributed by atoms with E-state index in [1.165, 1.54) is 0 Å². The van der Waals surface area contributed by atoms with Crippen molar-refractivity contribution in [3.63, 3.8) is 0 Å². The van der Waals surface area contributed by atoms with E-state index in [1.54, 1.807) is 12.4 Å². The Kier molecular flexibility index (Phi) is 5.63. The van der Waals surface area contributed by atoms with Crippen LogP contribution in [0.4, 0.5) is 0 Å². The van der Waals surface area contributed by atoms with Gasteiger partial charge in [0.05, 0.1) is 12.0 Å². The fourth-order valence-corrected chi connectivity index (χ4v) is 1.77. The van der Waals surface area contributed by atoms with Crippen molar-refractivity contribution < 1.29 is 4.79 Å². The van der Waals surface area contributed by atoms with Gasteiger partial charge in [0.1, 0.15) is 0 Å². The fraction of sp³-hybridized carbons (Fsp3) is 0.538. The lowest BCUT2D eigenvalue weighted by Crippen LogP contribution is -2.36. The Morgan fingerprint density at radius 3 is 2.65 bits per heavy atom. The Labute approximate surface area is 103 Å². The van der Waals surface area contributed by atoms with Gasteiger partial charge in [0.2, 0.25) is 5.91 Å². The first-order valence-corrected chi connectivity index (χ1v) is 6.09. The van der Waals surface area contributed by atoms with Crippen molar-refractivity contribution in [3.05, 3.63) is 30.1 Å². The van der Waals surface area contributed by atoms with Crippen LogP contribution in [0.1, 0.15) is 38.3 Å². The van der Waals surface area contributed by atoms with Crippen LogP contribution in [0.3, 0.4) is 0 Å². The average Bonchev–Trinajstić information content (AvgIpc) is 2.36. The van der Waals surface area contributed by atoms with Gasteiger partial charge < -0.3 is 11.1 Å². The maximum absolute atomic E-state index is 11.9. The van der Waals surface area contributed by atoms with Crippen molar-refractivity contribution in [2.24, 2.45) is 11.7 Å². The summed E-state index contributed by atoms with van der Waals surface area (Å²) in [4.78, 5) is 15.9. The summed E-state index contributed by atoms with van der Waals surface area (Å²) < 4.78 is 0. The fourth-order valence-electron chi connectivity index (χ4n) is 1.77. The molecule has 0 bridgehead atoms. The van der Waals surface area contributed by atoms with Crippen molar-refractivity contribution in [3.8, 4) is 0 Å². The van der Waals surface area contributed by atoms with Crippen LogP contribution in [0, 0.1) is 5.92 Å². The van der Waals surface area contributed by atoms with Crippen LogP contribution >= 0.6 is 0 Å². The number of hydrogen-bond acceptors (Lipinski definition) is 3. The van der Waals surface area contributed by atoms with Gasteiger partial charge in [-0.25, -0.2) is 0 Å². The van der Waals surface area contributed by atoms with Gasteiger partial charge in [-0.3, -0.25) is 9.78 Å². The first-order valence-electron chi connectivity index (χ1n) is 6.09. The molecular weight excluding hydrogens is 214 g/mol. The van der Waals surface area contributed by atoms with E-state index in [4.69, 9.17) is 5.73 Å². The molecule has 2 unspecified atom stereocenters. The summed E-state index contributed by atoms with van der Waals surface area (Å²) in [5, 5.41) is 2.99. The minimum Gasteiger partial charge on any atom is -0.349 e. The number of nitrogens with two attached hydrogens (primary N) is 1. The Morgan fingerprint density at radius 2 is 2.12 bits per heavy atom. The lowest BCUT2D eigenvalue weighted by atomic mass is 10.0. The Bertz CT molecular complexity index is 340. The molecule has 3 N–H and O–H groups in total. The van der Waals surface area contributed by atoms with E-state index in [0.717, 1.165) is 18.4 Å². The first kappa shape index (κ1) is 13.6. The lowest BCUT2D eigenvalue weighted by Gasteiger charge is -2.19. The molecule has 0 saturated heterocycles. The molecule has 4 heteroatoms. The largest absolute Gasteiger partial charge is 0.349 e. The lowest BCUT2D eigenvalue weighted by molar-refractivity contribution is -0.125. The molecule has 0 aliphatic heterocycles. The number of pyridine rings is 1. The zero-order chi connectivity index (χ0) is 12.7. The molecule has 0 aliphatic carbocycles. The second kappa shape index (κ2) is 7.01. The third-order valence-electron chi connectivity index (χ3n) is 2.86. The van der Waals surface area contributed by atoms with Gasteiger partial charge in [-0.2, -0.15) is 0 Å². The van der Waals surface area contributed by atoms with E-state index in [-0.39, 0.29) is 17.9 Å². The summed E-state index contributed by atoms with van der Waals surface area (Å²) in [5.74, 6) is -0.0389. The van der Waals surface area contributed by atoms with Crippen molar-refractivity contribution in [1.82, 2.24) is 10.3 Å². The summed E-state index contributed by atoms with van der Waals surface area (Å²) in [5.41, 5.74) is 6.66. The summed E-state index contributed by atoms with van der Waals surface area (Å²) in [6, 6.07) is 3.81. The van der Waals surface area contributed by atoms with Crippen LogP contribution in [-0.4, -0.2) is 17.4 Å². The van der Waals surface area contributed by atoms with Crippen LogP contribution in [0.25, 0.3) is 0 Å². The number of carbonyl (C=O) groups is 1. The molecule has 1 aromatic rings. The third kappa shape index (κ3) is 4.15. The van der Waals surface area contributed by atoms with Crippen molar-refractivity contribution in [1.29, 1.82) is 0 Å². The van der Waals surface area contributed by atoms with Gasteiger partial charge in [-0.1, -0.05) is 13.3 Å². The molecule has 0 spiro atoms. The minimum absolute atomic E-state index is 0.00333. The quantitative estimate of drug-likeness (QED) is 0.787. The molecule has 1 amide bonds. The maximum Gasteiger partial charge on any atom is 0.224 e. The summed E-state index contributed by atoms with van der Waals surface area (Å²) in [6.45, 7) is 4.43. The van der Waals surface area contributed by atoms with Gasteiger partial charge in [0.25, 0.3) is 0 Å². The summed E-state index contributed by atoms with van der Waals surface area (Å²) in [7, 11) is 0. The Hall–Kier alpha value is -1.42. The highest BCUT2D eigenvalue weighted by atomic mass is 16.1. The zero-order valence-corrected chi connectivity index (χ0v) is 10.5. The van der Waals surface area contributed by atoms with Crippen LogP contribution in [0.2, 0.25) is 0 Å². The van der Waals surface area contributed by atoms with Crippen LogP contribution < -0.4 is 11.1 Å². The zero-order valence-electron chi connectivity index (χ0n) is 10.5. The molecule has 0 aromatic carbocycles. The van der Waals surface area contributed by atoms with Crippen molar-refractivity contribution in [2.75, 3.05) is 6.54 Å². The molecule has 94 valence electrons. The van der Waals surface area contributed by atoms with Crippen LogP contribution in [0.15, 0.2) is 24.5 Å². The molecule has 0 saturated carbocycles. The van der Waals surface area contributed by atoms with Gasteiger partial charge in [-0.15, -0.1) is 0 Å². The number of nitrogens with zero attached hydrogens (tertiary/aromatic N) is 1. The Morgan fingerprint density at radius 1 is 1.47 bits per heavy atom. The second-order valence-corrected chi connectivity index (χ2v) is 4.23. The summed E-state index contributed by atoms with van der Waals surface area (Å²) in [6.07, 6.45) is 5.26. The Balaban J connectivity index is 2.56. The van der Waals surface area contributed by atoms with Crippen molar-refractivity contribution >= 4 is 5.91 Å². The normalized spacial score (nSPS) is 14.1. The smallest absolute Gasteiger partial charge is 0.224 e. The molecular formula is C13H21N3O. The maximum atomic E-state index is 11.9. The molecule has 1 aromatic heterocycles. The predicted octanol–water partition coefficient (Wildman–Crippen LogP) is 1.63. The third-order valence-corrected chi connectivity index (χ3v) is 2.86. The van der Waals surface area contributed by atoms with Crippen LogP contribution in [0.5, 0.6) is 0 Å². The van der Waals surface area contributed by atoms with E-state index >= 15 is 0 Å². The van der Waals surface area contributed by atoms with Gasteiger partial charge >= 0.3 is 0 Å². The van der Waals surface area contributed by atoms with E-state index in [0.29, 0.717) is 6.54 Å². The molecule has 2 atom stereocenters. The van der Waals surface area contributed by atoms with Gasteiger partial charge in [0.15, 0.2) is 0 Å². The highest BCUT2D eigenvalue weighted by molar-refractivity contribution is 5.79. The minimum atomic E-state index is -0.0794. The number of rotatable bonds is 6. The molecule has 0 radical (unpaired) electrons. The number of hydrogen-bond donors (Lipinski definition) is 2. The number of amides is 1. The van der Waals surface area contributed by atoms with E-state index in [2.05, 4.69) is 17.2 Å². The number of nitrogens with one attached hydrogen (secondary N) is 1. The topological polar surface area (TPSA) is 68.0 Å². The summed E-state index contributed by atoms with van der Waals surface area (Å²) >= 11 is 0. The van der Waals surface area contributed by atoms with Crippen LogP contribution in [-0.2, 0) is 4.79 Å². The molecule has 1 rings (SSSR count). The SMILES string of the molecule is CCCC(CN)C(=O)NC(C)c1ccncc1. The molecule has 0 fully saturated rings. The number of carbonyl (C=O) groups excluding carboxylic acids is 1. The molecule has 17 heavy (non-hydrogen) atoms. The van der Waals surface area contributed by atoms with Gasteiger partial charge in [0, 0.05) is 18.9 Å². The number of aromatic nitrogens is 1. The van der Waals surface area contributed by atoms with Gasteiger partial charge in [-0.05, 0) is 31.0 Å². The highest BCUT2D eigenvalue weighted by Crippen LogP contribution is 2.12. The van der Waals surface area contributed by atoms with E-state index < -0.39 is 0 Å². The standard InChI is InChI=1S/C13H21N3O/c1-3-4-12(9-14)13(17)16-10(2)11-5-7-15-8-6-11/h5-8,10,12H,3-4,9,14H2,1-2H3,(H,16,17). The predicted molar refractivity (Wildman–Crippen MR) is 68.2 cm³/mol. The van der Waals surface area contributed by atoms with Crippen molar-refractivity contribution in [2.45, 2.75) is 32.7 Å². The second-order valence-electron chi connectivity index (χ2n) is 4.23. The molecule has 0 aliphatic rings. The molecule has 4 nitrogen and oxygen atoms in total. The van der Waals surface area contributed by atoms with E-state index in [9.17, 15) is 4.79 Å².